The molecule has 0 radical (unpaired) electrons. The lowest BCUT2D eigenvalue weighted by Crippen LogP contribution is -3.12. The van der Waals surface area contributed by atoms with Gasteiger partial charge in [-0.2, -0.15) is 0 Å². The van der Waals surface area contributed by atoms with Crippen LogP contribution in [0.25, 0.3) is 0 Å². The summed E-state index contributed by atoms with van der Waals surface area (Å²) < 4.78 is 6.43. The number of Topliss-reactive ketones (excluding diaryl/α,β-unsaturated/α-hetero) is 1. The number of fused-ring (bicyclic) bond motifs is 4. The molecule has 4 aliphatic rings. The van der Waals surface area contributed by atoms with Crippen molar-refractivity contribution in [2.24, 2.45) is 10.7 Å². The number of aryl methyl sites for hydroxylation is 1. The number of rotatable bonds is 11. The Morgan fingerprint density at radius 1 is 1.19 bits per heavy atom. The number of ketones is 1. The number of aliphatic imine (C=N–C) groups is 1. The van der Waals surface area contributed by atoms with Crippen molar-refractivity contribution in [2.45, 2.75) is 95.4 Å². The summed E-state index contributed by atoms with van der Waals surface area (Å²) in [6.45, 7) is 3.33. The monoisotopic (exact) mass is 641 g/mol. The smallest absolute Gasteiger partial charge is 0.247 e. The predicted molar refractivity (Wildman–Crippen MR) is 178 cm³/mol. The van der Waals surface area contributed by atoms with Gasteiger partial charge in [-0.25, -0.2) is 0 Å². The molecule has 0 aromatic heterocycles. The Morgan fingerprint density at radius 3 is 2.85 bits per heavy atom. The molecule has 0 saturated carbocycles. The number of nitrogens with one attached hydrogen (secondary N) is 2. The van der Waals surface area contributed by atoms with Crippen LogP contribution in [0.3, 0.4) is 0 Å². The zero-order valence-corrected chi connectivity index (χ0v) is 26.8. The number of allylic oxidation sites excluding steroid dienone is 1. The van der Waals surface area contributed by atoms with Crippen molar-refractivity contribution in [1.82, 2.24) is 5.32 Å². The fourth-order valence-electron chi connectivity index (χ4n) is 7.04. The molecule has 10 nitrogen and oxygen atoms in total. The van der Waals surface area contributed by atoms with E-state index in [2.05, 4.69) is 23.4 Å². The van der Waals surface area contributed by atoms with E-state index in [1.54, 1.807) is 18.2 Å². The second-order valence-corrected chi connectivity index (χ2v) is 13.0. The second kappa shape index (κ2) is 14.5. The van der Waals surface area contributed by atoms with Gasteiger partial charge in [-0.15, -0.1) is 0 Å². The van der Waals surface area contributed by atoms with Crippen LogP contribution in [0, 0.1) is 11.8 Å². The van der Waals surface area contributed by atoms with Crippen LogP contribution in [-0.4, -0.2) is 63.4 Å². The maximum absolute atomic E-state index is 12.6. The average molecular weight is 642 g/mol. The Morgan fingerprint density at radius 2 is 2.02 bits per heavy atom. The van der Waals surface area contributed by atoms with Gasteiger partial charge in [-0.3, -0.25) is 20.0 Å². The molecule has 4 aliphatic heterocycles. The molecule has 4 heterocycles. The molecule has 2 aromatic carbocycles. The van der Waals surface area contributed by atoms with E-state index in [0.717, 1.165) is 63.4 Å². The lowest BCUT2D eigenvalue weighted by atomic mass is 9.84. The van der Waals surface area contributed by atoms with Crippen molar-refractivity contribution in [3.63, 3.8) is 0 Å². The first-order chi connectivity index (χ1) is 22.7. The molecule has 8 N–H and O–H groups in total. The van der Waals surface area contributed by atoms with Crippen LogP contribution in [0.4, 0.5) is 0 Å². The van der Waals surface area contributed by atoms with E-state index in [4.69, 9.17) is 15.5 Å². The zero-order valence-electron chi connectivity index (χ0n) is 26.8. The fourth-order valence-corrected chi connectivity index (χ4v) is 7.04. The minimum absolute atomic E-state index is 0.000184. The number of aliphatic hydroxyl groups is 3. The molecule has 2 aromatic rings. The molecule has 0 aliphatic carbocycles. The molecule has 6 atom stereocenters. The van der Waals surface area contributed by atoms with Crippen molar-refractivity contribution in [2.75, 3.05) is 13.1 Å². The van der Waals surface area contributed by atoms with Crippen molar-refractivity contribution >= 4 is 11.5 Å². The first-order valence-corrected chi connectivity index (χ1v) is 16.7. The number of hydrogen-bond donors (Lipinski definition) is 7. The van der Waals surface area contributed by atoms with E-state index < -0.39 is 24.5 Å². The largest absolute Gasteiger partial charge is 0.504 e. The van der Waals surface area contributed by atoms with Gasteiger partial charge in [-0.05, 0) is 71.2 Å². The third-order valence-corrected chi connectivity index (χ3v) is 9.53. The van der Waals surface area contributed by atoms with Crippen LogP contribution in [0.5, 0.6) is 11.5 Å². The lowest BCUT2D eigenvalue weighted by Gasteiger charge is -2.28. The highest BCUT2D eigenvalue weighted by atomic mass is 16.5. The number of carbonyl (C=O) groups is 1. The molecule has 10 heteroatoms. The molecular weight excluding hydrogens is 596 g/mol. The number of aliphatic hydroxyl groups excluding tert-OH is 3. The number of phenols is 1. The third kappa shape index (κ3) is 7.52. The number of hydrogen-bond acceptors (Lipinski definition) is 9. The normalized spacial score (nSPS) is 24.2. The van der Waals surface area contributed by atoms with Crippen molar-refractivity contribution in [1.29, 1.82) is 0 Å². The van der Waals surface area contributed by atoms with Gasteiger partial charge < -0.3 is 30.9 Å². The Balaban J connectivity index is 1.19. The number of ether oxygens (including phenoxy) is 1. The van der Waals surface area contributed by atoms with Crippen LogP contribution >= 0.6 is 0 Å². The molecule has 6 rings (SSSR count). The van der Waals surface area contributed by atoms with Crippen LogP contribution in [0.15, 0.2) is 58.9 Å². The van der Waals surface area contributed by atoms with Gasteiger partial charge in [0.05, 0.1) is 23.9 Å². The average Bonchev–Trinajstić information content (AvgIpc) is 3.62. The molecule has 248 valence electrons. The summed E-state index contributed by atoms with van der Waals surface area (Å²) in [7, 11) is 0. The first-order valence-electron chi connectivity index (χ1n) is 16.7. The summed E-state index contributed by atoms with van der Waals surface area (Å²) in [5.74, 6) is 6.39. The molecule has 0 amide bonds. The zero-order chi connectivity index (χ0) is 33.1. The maximum Gasteiger partial charge on any atom is 0.247 e. The highest BCUT2D eigenvalue weighted by Gasteiger charge is 2.37. The van der Waals surface area contributed by atoms with Crippen LogP contribution in [-0.2, 0) is 24.1 Å². The number of quaternary nitrogens is 1. The maximum atomic E-state index is 12.6. The molecule has 2 bridgehead atoms. The van der Waals surface area contributed by atoms with Crippen LogP contribution in [0.1, 0.15) is 85.5 Å². The van der Waals surface area contributed by atoms with E-state index in [9.17, 15) is 25.2 Å². The molecule has 0 saturated heterocycles. The molecule has 47 heavy (non-hydrogen) atoms. The molecule has 0 spiro atoms. The van der Waals surface area contributed by atoms with E-state index in [0.29, 0.717) is 38.0 Å². The van der Waals surface area contributed by atoms with Gasteiger partial charge in [0.2, 0.25) is 6.23 Å². The second-order valence-electron chi connectivity index (χ2n) is 13.0. The van der Waals surface area contributed by atoms with Gasteiger partial charge in [0.15, 0.2) is 11.5 Å². The fraction of sp³-hybridized carbons (Fsp3) is 0.459. The summed E-state index contributed by atoms with van der Waals surface area (Å²) in [6, 6.07) is 8.99. The van der Waals surface area contributed by atoms with Crippen molar-refractivity contribution in [3.05, 3.63) is 81.7 Å². The number of nitrogens with two attached hydrogens (primary N) is 1. The predicted octanol–water partition coefficient (Wildman–Crippen LogP) is 1.81. The topological polar surface area (TPSA) is 162 Å². The first kappa shape index (κ1) is 33.1. The molecule has 1 unspecified atom stereocenters. The summed E-state index contributed by atoms with van der Waals surface area (Å²) in [4.78, 5) is 18.3. The summed E-state index contributed by atoms with van der Waals surface area (Å²) in [6.07, 6.45) is 4.84. The minimum Gasteiger partial charge on any atom is -0.504 e. The van der Waals surface area contributed by atoms with Gasteiger partial charge in [0.25, 0.3) is 0 Å². The van der Waals surface area contributed by atoms with E-state index in [-0.39, 0.29) is 37.0 Å². The number of aromatic hydroxyl groups is 1. The van der Waals surface area contributed by atoms with Gasteiger partial charge in [0.1, 0.15) is 36.8 Å². The van der Waals surface area contributed by atoms with Crippen molar-refractivity contribution in [3.8, 4) is 23.3 Å². The summed E-state index contributed by atoms with van der Waals surface area (Å²) in [5.41, 5.74) is 14.4. The number of benzene rings is 2. The molecular formula is C37H45N4O6+. The highest BCUT2D eigenvalue weighted by molar-refractivity contribution is 6.08. The van der Waals surface area contributed by atoms with Gasteiger partial charge in [-0.1, -0.05) is 43.4 Å². The van der Waals surface area contributed by atoms with E-state index >= 15 is 0 Å². The highest BCUT2D eigenvalue weighted by Crippen LogP contribution is 2.35. The Hall–Kier alpha value is -3.82. The van der Waals surface area contributed by atoms with Crippen LogP contribution < -0.4 is 20.7 Å². The van der Waals surface area contributed by atoms with E-state index in [1.165, 1.54) is 5.56 Å². The Kier molecular flexibility index (Phi) is 10.2. The SMILES string of the molecule is CCC[C@H](O)C[C@@H](O)CC(=O)CCc1ccc(O)c(O[C@@H]2CC#C[C@H](O)c3ccc4c(c3CC3=CN=C5C[NH+]2C=C35)CCN[C@H]4N)c1. The summed E-state index contributed by atoms with van der Waals surface area (Å²) >= 11 is 0. The Bertz CT molecular complexity index is 1670. The van der Waals surface area contributed by atoms with Crippen molar-refractivity contribution < 1.29 is 34.9 Å². The summed E-state index contributed by atoms with van der Waals surface area (Å²) in [5, 5.41) is 45.5. The quantitative estimate of drug-likeness (QED) is 0.183. The van der Waals surface area contributed by atoms with Gasteiger partial charge >= 0.3 is 0 Å². The van der Waals surface area contributed by atoms with Gasteiger partial charge in [0, 0.05) is 32.0 Å². The lowest BCUT2D eigenvalue weighted by molar-refractivity contribution is -0.882. The van der Waals surface area contributed by atoms with Crippen LogP contribution in [0.2, 0.25) is 0 Å². The van der Waals surface area contributed by atoms with E-state index in [1.807, 2.05) is 25.3 Å². The number of phenolic OH excluding ortho intramolecular Hbond substituents is 1. The minimum atomic E-state index is -0.983. The molecule has 0 fully saturated rings. The Labute approximate surface area is 275 Å². The standard InChI is InChI=1S/C37H44N4O6/c1-2-4-24(42)17-26(44)18-25(43)9-7-22-8-12-34(46)35(15-22)47-36-6-3-5-33(45)28-10-11-29-27(13-14-39-37(29)38)30(28)16-23-19-40-32-21-41(36)20-31(23)32/h8,10-12,15,19-20,24,26,33,36-37,39,42,44-46H,2,4,6-7,9,13-14,16-18,21,38H2,1H3/p+1/t24-,26+,33-,36+,37+/m0/s1. The number of carbonyl (C=O) groups excluding carboxylic acids is 1. The third-order valence-electron chi connectivity index (χ3n) is 9.53. The number of nitrogens with zero attached hydrogens (tertiary/aromatic N) is 1.